The molecule has 0 aliphatic heterocycles. The Bertz CT molecular complexity index is 747. The van der Waals surface area contributed by atoms with Crippen molar-refractivity contribution < 1.29 is 12.8 Å². The maximum absolute atomic E-state index is 12.9. The van der Waals surface area contributed by atoms with Crippen LogP contribution >= 0.6 is 15.9 Å². The maximum Gasteiger partial charge on any atom is 0.178 e. The van der Waals surface area contributed by atoms with Gasteiger partial charge in [0.25, 0.3) is 0 Å². The lowest BCUT2D eigenvalue weighted by atomic mass is 10.2. The first kappa shape index (κ1) is 18.1. The molecule has 0 aliphatic rings. The minimum absolute atomic E-state index is 0.0545. The first-order chi connectivity index (χ1) is 10.9. The predicted octanol–water partition coefficient (Wildman–Crippen LogP) is 3.88. The fourth-order valence-electron chi connectivity index (χ4n) is 2.28. The number of halogens is 2. The molecule has 0 radical (unpaired) electrons. The smallest absolute Gasteiger partial charge is 0.178 e. The van der Waals surface area contributed by atoms with Crippen molar-refractivity contribution in [2.24, 2.45) is 0 Å². The van der Waals surface area contributed by atoms with Gasteiger partial charge in [-0.25, -0.2) is 12.8 Å². The summed E-state index contributed by atoms with van der Waals surface area (Å²) >= 11 is 3.51. The topological polar surface area (TPSA) is 37.4 Å². The molecule has 0 heterocycles. The second-order valence-electron chi connectivity index (χ2n) is 5.46. The number of sulfone groups is 1. The SMILES string of the molecule is CN(CCCS(=O)(=O)c1ccc(F)cc1)Cc1ccccc1Br. The van der Waals surface area contributed by atoms with Crippen molar-refractivity contribution in [1.82, 2.24) is 4.90 Å². The standard InChI is InChI=1S/C17H19BrFNO2S/c1-20(13-14-5-2-3-6-17(14)18)11-4-12-23(21,22)16-9-7-15(19)8-10-16/h2-3,5-10H,4,11-13H2,1H3. The fourth-order valence-corrected chi connectivity index (χ4v) is 3.99. The van der Waals surface area contributed by atoms with E-state index in [4.69, 9.17) is 0 Å². The lowest BCUT2D eigenvalue weighted by Gasteiger charge is -2.17. The average Bonchev–Trinajstić information content (AvgIpc) is 2.50. The van der Waals surface area contributed by atoms with Gasteiger partial charge >= 0.3 is 0 Å². The summed E-state index contributed by atoms with van der Waals surface area (Å²) in [6.07, 6.45) is 0.528. The molecule has 0 N–H and O–H groups in total. The highest BCUT2D eigenvalue weighted by Gasteiger charge is 2.14. The normalized spacial score (nSPS) is 11.8. The maximum atomic E-state index is 12.9. The van der Waals surface area contributed by atoms with Crippen molar-refractivity contribution in [3.05, 3.63) is 64.4 Å². The van der Waals surface area contributed by atoms with Crippen molar-refractivity contribution in [3.8, 4) is 0 Å². The lowest BCUT2D eigenvalue weighted by molar-refractivity contribution is 0.327. The summed E-state index contributed by atoms with van der Waals surface area (Å²) in [6, 6.07) is 12.9. The Kier molecular flexibility index (Phi) is 6.33. The molecule has 0 aliphatic carbocycles. The molecule has 23 heavy (non-hydrogen) atoms. The Hall–Kier alpha value is -1.24. The molecule has 0 atom stereocenters. The molecule has 2 rings (SSSR count). The van der Waals surface area contributed by atoms with Crippen molar-refractivity contribution in [1.29, 1.82) is 0 Å². The van der Waals surface area contributed by atoms with Gasteiger partial charge in [0.2, 0.25) is 0 Å². The van der Waals surface area contributed by atoms with Gasteiger partial charge in [-0.15, -0.1) is 0 Å². The molecule has 0 saturated carbocycles. The van der Waals surface area contributed by atoms with Gasteiger partial charge in [-0.05, 0) is 55.9 Å². The zero-order chi connectivity index (χ0) is 16.9. The van der Waals surface area contributed by atoms with Gasteiger partial charge in [0, 0.05) is 11.0 Å². The summed E-state index contributed by atoms with van der Waals surface area (Å²) in [4.78, 5) is 2.26. The van der Waals surface area contributed by atoms with Crippen LogP contribution in [0, 0.1) is 5.82 Å². The molecule has 0 spiro atoms. The van der Waals surface area contributed by atoms with Crippen LogP contribution in [-0.2, 0) is 16.4 Å². The average molecular weight is 400 g/mol. The zero-order valence-corrected chi connectivity index (χ0v) is 15.3. The highest BCUT2D eigenvalue weighted by atomic mass is 79.9. The van der Waals surface area contributed by atoms with Crippen molar-refractivity contribution in [2.75, 3.05) is 19.3 Å². The van der Waals surface area contributed by atoms with Gasteiger partial charge in [0.1, 0.15) is 5.82 Å². The molecule has 0 bridgehead atoms. The van der Waals surface area contributed by atoms with E-state index in [2.05, 4.69) is 20.8 Å². The van der Waals surface area contributed by atoms with E-state index in [0.717, 1.165) is 16.6 Å². The predicted molar refractivity (Wildman–Crippen MR) is 93.5 cm³/mol. The largest absolute Gasteiger partial charge is 0.302 e. The van der Waals surface area contributed by atoms with E-state index in [1.807, 2.05) is 31.3 Å². The monoisotopic (exact) mass is 399 g/mol. The molecule has 2 aromatic rings. The van der Waals surface area contributed by atoms with E-state index in [9.17, 15) is 12.8 Å². The van der Waals surface area contributed by atoms with Crippen LogP contribution in [0.25, 0.3) is 0 Å². The number of nitrogens with zero attached hydrogens (tertiary/aromatic N) is 1. The molecule has 124 valence electrons. The molecule has 6 heteroatoms. The molecule has 3 nitrogen and oxygen atoms in total. The third-order valence-corrected chi connectivity index (χ3v) is 6.11. The van der Waals surface area contributed by atoms with E-state index >= 15 is 0 Å². The molecule has 2 aromatic carbocycles. The van der Waals surface area contributed by atoms with E-state index in [0.29, 0.717) is 13.0 Å². The molecule has 0 aromatic heterocycles. The van der Waals surface area contributed by atoms with Gasteiger partial charge in [-0.1, -0.05) is 34.1 Å². The van der Waals surface area contributed by atoms with Crippen LogP contribution in [0.2, 0.25) is 0 Å². The summed E-state index contributed by atoms with van der Waals surface area (Å²) < 4.78 is 38.3. The van der Waals surface area contributed by atoms with Crippen LogP contribution in [0.4, 0.5) is 4.39 Å². The Labute approximate surface area is 145 Å². The Morgan fingerprint density at radius 1 is 1.09 bits per heavy atom. The van der Waals surface area contributed by atoms with Gasteiger partial charge in [0.15, 0.2) is 9.84 Å². The van der Waals surface area contributed by atoms with Crippen molar-refractivity contribution in [2.45, 2.75) is 17.9 Å². The number of hydrogen-bond acceptors (Lipinski definition) is 3. The first-order valence-corrected chi connectivity index (χ1v) is 9.73. The van der Waals surface area contributed by atoms with Crippen LogP contribution < -0.4 is 0 Å². The minimum Gasteiger partial charge on any atom is -0.302 e. The molecule has 0 fully saturated rings. The Morgan fingerprint density at radius 2 is 1.74 bits per heavy atom. The van der Waals surface area contributed by atoms with Gasteiger partial charge in [0.05, 0.1) is 10.6 Å². The van der Waals surface area contributed by atoms with Crippen molar-refractivity contribution in [3.63, 3.8) is 0 Å². The van der Waals surface area contributed by atoms with E-state index in [1.165, 1.54) is 24.3 Å². The van der Waals surface area contributed by atoms with Crippen LogP contribution in [0.1, 0.15) is 12.0 Å². The minimum atomic E-state index is -3.36. The van der Waals surface area contributed by atoms with Crippen LogP contribution in [0.5, 0.6) is 0 Å². The van der Waals surface area contributed by atoms with E-state index in [-0.39, 0.29) is 10.6 Å². The summed E-state index contributed by atoms with van der Waals surface area (Å²) in [5.41, 5.74) is 1.16. The first-order valence-electron chi connectivity index (χ1n) is 7.29. The number of hydrogen-bond donors (Lipinski definition) is 0. The van der Waals surface area contributed by atoms with E-state index < -0.39 is 15.7 Å². The lowest BCUT2D eigenvalue weighted by Crippen LogP contribution is -2.21. The molecule has 0 saturated heterocycles. The third-order valence-electron chi connectivity index (χ3n) is 3.52. The number of benzene rings is 2. The van der Waals surface area contributed by atoms with Gasteiger partial charge in [-0.3, -0.25) is 0 Å². The van der Waals surface area contributed by atoms with Crippen LogP contribution in [0.15, 0.2) is 57.9 Å². The molecular formula is C17H19BrFNO2S. The van der Waals surface area contributed by atoms with Crippen molar-refractivity contribution >= 4 is 25.8 Å². The highest BCUT2D eigenvalue weighted by Crippen LogP contribution is 2.18. The van der Waals surface area contributed by atoms with Gasteiger partial charge in [-0.2, -0.15) is 0 Å². The summed E-state index contributed by atoms with van der Waals surface area (Å²) in [7, 11) is -1.39. The second kappa shape index (κ2) is 8.04. The fraction of sp³-hybridized carbons (Fsp3) is 0.294. The summed E-state index contributed by atoms with van der Waals surface area (Å²) in [5.74, 6) is -0.379. The molecule has 0 amide bonds. The Balaban J connectivity index is 1.86. The summed E-state index contributed by atoms with van der Waals surface area (Å²) in [6.45, 7) is 1.42. The summed E-state index contributed by atoms with van der Waals surface area (Å²) in [5, 5.41) is 0. The van der Waals surface area contributed by atoms with Crippen LogP contribution in [-0.4, -0.2) is 32.7 Å². The van der Waals surface area contributed by atoms with E-state index in [1.54, 1.807) is 0 Å². The highest BCUT2D eigenvalue weighted by molar-refractivity contribution is 9.10. The zero-order valence-electron chi connectivity index (χ0n) is 12.9. The van der Waals surface area contributed by atoms with Gasteiger partial charge < -0.3 is 4.90 Å². The van der Waals surface area contributed by atoms with Crippen LogP contribution in [0.3, 0.4) is 0 Å². The second-order valence-corrected chi connectivity index (χ2v) is 8.42. The number of rotatable bonds is 7. The Morgan fingerprint density at radius 3 is 2.39 bits per heavy atom. The molecule has 0 unspecified atom stereocenters. The molecular weight excluding hydrogens is 381 g/mol. The quantitative estimate of drug-likeness (QED) is 0.662. The third kappa shape index (κ3) is 5.41.